The van der Waals surface area contributed by atoms with Crippen molar-refractivity contribution < 1.29 is 4.79 Å². The third-order valence-corrected chi connectivity index (χ3v) is 4.90. The van der Waals surface area contributed by atoms with Crippen LogP contribution >= 0.6 is 0 Å². The number of rotatable bonds is 7. The minimum Gasteiger partial charge on any atom is -0.361 e. The molecule has 0 saturated carbocycles. The lowest BCUT2D eigenvalue weighted by atomic mass is 9.87. The quantitative estimate of drug-likeness (QED) is 0.549. The zero-order chi connectivity index (χ0) is 18.5. The van der Waals surface area contributed by atoms with Crippen molar-refractivity contribution in [1.82, 2.24) is 4.98 Å². The number of aromatic amines is 1. The minimum absolute atomic E-state index is 0.0721. The first-order chi connectivity index (χ1) is 12.6. The molecule has 0 radical (unpaired) electrons. The molecule has 1 atom stereocenters. The lowest BCUT2D eigenvalue weighted by Gasteiger charge is -2.19. The fourth-order valence-electron chi connectivity index (χ4n) is 3.72. The van der Waals surface area contributed by atoms with Gasteiger partial charge in [-0.25, -0.2) is 0 Å². The number of nitrogens with one attached hydrogen (secondary N) is 2. The molecule has 3 heteroatoms. The molecule has 136 valence electrons. The van der Waals surface area contributed by atoms with E-state index in [4.69, 9.17) is 0 Å². The van der Waals surface area contributed by atoms with Crippen molar-refractivity contribution in [2.45, 2.75) is 46.0 Å². The molecule has 0 aliphatic carbocycles. The van der Waals surface area contributed by atoms with Crippen LogP contribution < -0.4 is 5.32 Å². The highest BCUT2D eigenvalue weighted by atomic mass is 16.1. The summed E-state index contributed by atoms with van der Waals surface area (Å²) in [6.07, 6.45) is 4.59. The number of carbonyl (C=O) groups excluding carboxylic acids is 1. The molecular weight excluding hydrogens is 320 g/mol. The van der Waals surface area contributed by atoms with E-state index in [9.17, 15) is 4.79 Å². The lowest BCUT2D eigenvalue weighted by molar-refractivity contribution is -0.116. The van der Waals surface area contributed by atoms with Crippen LogP contribution in [0.25, 0.3) is 10.9 Å². The van der Waals surface area contributed by atoms with Gasteiger partial charge in [0.2, 0.25) is 5.91 Å². The van der Waals surface area contributed by atoms with Gasteiger partial charge < -0.3 is 10.3 Å². The van der Waals surface area contributed by atoms with Crippen molar-refractivity contribution in [3.05, 3.63) is 65.9 Å². The van der Waals surface area contributed by atoms with Crippen molar-refractivity contribution in [3.63, 3.8) is 0 Å². The predicted molar refractivity (Wildman–Crippen MR) is 110 cm³/mol. The third-order valence-electron chi connectivity index (χ3n) is 4.90. The Balaban J connectivity index is 1.85. The topological polar surface area (TPSA) is 44.9 Å². The Bertz CT molecular complexity index is 864. The number of hydrogen-bond acceptors (Lipinski definition) is 1. The Labute approximate surface area is 155 Å². The molecule has 0 spiro atoms. The summed E-state index contributed by atoms with van der Waals surface area (Å²) < 4.78 is 0. The number of anilines is 1. The van der Waals surface area contributed by atoms with Gasteiger partial charge in [0.15, 0.2) is 0 Å². The number of amides is 1. The van der Waals surface area contributed by atoms with Gasteiger partial charge in [0.1, 0.15) is 0 Å². The SMILES string of the molecule is CCc1cccc2c([C@H](CC(=O)Nc3ccccc3)CC(C)C)c[nH]c12. The molecule has 0 fully saturated rings. The van der Waals surface area contributed by atoms with E-state index in [0.29, 0.717) is 12.3 Å². The second-order valence-corrected chi connectivity index (χ2v) is 7.38. The number of hydrogen-bond donors (Lipinski definition) is 2. The molecule has 2 aromatic carbocycles. The second kappa shape index (κ2) is 8.22. The number of carbonyl (C=O) groups is 1. The Morgan fingerprint density at radius 1 is 1.08 bits per heavy atom. The van der Waals surface area contributed by atoms with Crippen molar-refractivity contribution in [1.29, 1.82) is 0 Å². The van der Waals surface area contributed by atoms with Crippen LogP contribution in [0.2, 0.25) is 0 Å². The zero-order valence-electron chi connectivity index (χ0n) is 15.9. The highest BCUT2D eigenvalue weighted by molar-refractivity contribution is 5.92. The Hall–Kier alpha value is -2.55. The van der Waals surface area contributed by atoms with E-state index in [1.54, 1.807) is 0 Å². The third kappa shape index (κ3) is 4.16. The second-order valence-electron chi connectivity index (χ2n) is 7.38. The molecule has 0 bridgehead atoms. The van der Waals surface area contributed by atoms with Crippen LogP contribution in [-0.2, 0) is 11.2 Å². The van der Waals surface area contributed by atoms with Gasteiger partial charge in [0.05, 0.1) is 0 Å². The molecule has 3 rings (SSSR count). The van der Waals surface area contributed by atoms with Crippen molar-refractivity contribution in [2.24, 2.45) is 5.92 Å². The van der Waals surface area contributed by atoms with Gasteiger partial charge >= 0.3 is 0 Å². The maximum absolute atomic E-state index is 12.6. The number of aromatic nitrogens is 1. The molecule has 1 heterocycles. The summed E-state index contributed by atoms with van der Waals surface area (Å²) in [6, 6.07) is 16.1. The number of aryl methyl sites for hydroxylation is 1. The van der Waals surface area contributed by atoms with E-state index in [-0.39, 0.29) is 11.8 Å². The normalized spacial score (nSPS) is 12.5. The molecule has 0 saturated heterocycles. The minimum atomic E-state index is 0.0721. The molecular formula is C23H28N2O. The summed E-state index contributed by atoms with van der Waals surface area (Å²) >= 11 is 0. The van der Waals surface area contributed by atoms with Crippen molar-refractivity contribution in [3.8, 4) is 0 Å². The molecule has 0 aliphatic rings. The molecule has 26 heavy (non-hydrogen) atoms. The first-order valence-corrected chi connectivity index (χ1v) is 9.52. The number of H-pyrrole nitrogens is 1. The van der Waals surface area contributed by atoms with E-state index in [1.807, 2.05) is 30.3 Å². The van der Waals surface area contributed by atoms with Crippen molar-refractivity contribution >= 4 is 22.5 Å². The molecule has 0 unspecified atom stereocenters. The Kier molecular flexibility index (Phi) is 5.77. The standard InChI is InChI=1S/C23H28N2O/c1-4-17-9-8-12-20-21(15-24-23(17)20)18(13-16(2)3)14-22(26)25-19-10-6-5-7-11-19/h5-12,15-16,18,24H,4,13-14H2,1-3H3,(H,25,26)/t18-/m0/s1. The average Bonchev–Trinajstić information content (AvgIpc) is 3.05. The van der Waals surface area contributed by atoms with Gasteiger partial charge in [-0.3, -0.25) is 4.79 Å². The van der Waals surface area contributed by atoms with Gasteiger partial charge in [0, 0.05) is 29.2 Å². The monoisotopic (exact) mass is 348 g/mol. The average molecular weight is 348 g/mol. The van der Waals surface area contributed by atoms with E-state index in [2.05, 4.69) is 55.5 Å². The highest BCUT2D eigenvalue weighted by Gasteiger charge is 2.21. The maximum atomic E-state index is 12.6. The van der Waals surface area contributed by atoms with E-state index >= 15 is 0 Å². The van der Waals surface area contributed by atoms with E-state index < -0.39 is 0 Å². The molecule has 3 aromatic rings. The van der Waals surface area contributed by atoms with Gasteiger partial charge in [0.25, 0.3) is 0 Å². The van der Waals surface area contributed by atoms with Crippen LogP contribution in [0.4, 0.5) is 5.69 Å². The summed E-state index contributed by atoms with van der Waals surface area (Å²) in [5.74, 6) is 0.811. The summed E-state index contributed by atoms with van der Waals surface area (Å²) in [5.41, 5.74) is 4.65. The Morgan fingerprint density at radius 2 is 1.85 bits per heavy atom. The van der Waals surface area contributed by atoms with Gasteiger partial charge in [-0.1, -0.05) is 57.2 Å². The van der Waals surface area contributed by atoms with Crippen LogP contribution in [-0.4, -0.2) is 10.9 Å². The van der Waals surface area contributed by atoms with Gasteiger partial charge in [-0.15, -0.1) is 0 Å². The summed E-state index contributed by atoms with van der Waals surface area (Å²) in [4.78, 5) is 16.1. The van der Waals surface area contributed by atoms with Crippen molar-refractivity contribution in [2.75, 3.05) is 5.32 Å². The van der Waals surface area contributed by atoms with Crippen LogP contribution in [0.3, 0.4) is 0 Å². The summed E-state index contributed by atoms with van der Waals surface area (Å²) in [5, 5.41) is 4.28. The number of benzene rings is 2. The molecule has 2 N–H and O–H groups in total. The van der Waals surface area contributed by atoms with E-state index in [1.165, 1.54) is 22.0 Å². The maximum Gasteiger partial charge on any atom is 0.224 e. The van der Waals surface area contributed by atoms with Crippen LogP contribution in [0.1, 0.15) is 50.7 Å². The van der Waals surface area contributed by atoms with Crippen LogP contribution in [0.15, 0.2) is 54.7 Å². The largest absolute Gasteiger partial charge is 0.361 e. The number of para-hydroxylation sites is 2. The molecule has 1 aromatic heterocycles. The summed E-state index contributed by atoms with van der Waals surface area (Å²) in [7, 11) is 0. The van der Waals surface area contributed by atoms with E-state index in [0.717, 1.165) is 18.5 Å². The fraction of sp³-hybridized carbons (Fsp3) is 0.348. The smallest absolute Gasteiger partial charge is 0.224 e. The first-order valence-electron chi connectivity index (χ1n) is 9.52. The van der Waals surface area contributed by atoms with Crippen LogP contribution in [0.5, 0.6) is 0 Å². The van der Waals surface area contributed by atoms with Gasteiger partial charge in [-0.2, -0.15) is 0 Å². The molecule has 0 aliphatic heterocycles. The van der Waals surface area contributed by atoms with Crippen LogP contribution in [0, 0.1) is 5.92 Å². The number of fused-ring (bicyclic) bond motifs is 1. The molecule has 3 nitrogen and oxygen atoms in total. The lowest BCUT2D eigenvalue weighted by Crippen LogP contribution is -2.16. The summed E-state index contributed by atoms with van der Waals surface area (Å²) in [6.45, 7) is 6.61. The first kappa shape index (κ1) is 18.2. The zero-order valence-corrected chi connectivity index (χ0v) is 15.9. The predicted octanol–water partition coefficient (Wildman–Crippen LogP) is 5.89. The Morgan fingerprint density at radius 3 is 2.54 bits per heavy atom. The fourth-order valence-corrected chi connectivity index (χ4v) is 3.72. The highest BCUT2D eigenvalue weighted by Crippen LogP contribution is 2.34. The van der Waals surface area contributed by atoms with Gasteiger partial charge in [-0.05, 0) is 47.9 Å². The molecule has 1 amide bonds.